The SMILES string of the molecule is COc1ccc(C)cc1C(C)NC(C)c1cccc(C)c1. The van der Waals surface area contributed by atoms with Gasteiger partial charge in [0.2, 0.25) is 0 Å². The van der Waals surface area contributed by atoms with Crippen molar-refractivity contribution in [3.05, 3.63) is 64.7 Å². The molecule has 0 radical (unpaired) electrons. The molecule has 0 aliphatic heterocycles. The van der Waals surface area contributed by atoms with Crippen LogP contribution in [0.25, 0.3) is 0 Å². The molecule has 1 N–H and O–H groups in total. The molecule has 2 aromatic rings. The fraction of sp³-hybridized carbons (Fsp3) is 0.368. The van der Waals surface area contributed by atoms with Crippen LogP contribution in [-0.2, 0) is 0 Å². The summed E-state index contributed by atoms with van der Waals surface area (Å²) < 4.78 is 5.49. The smallest absolute Gasteiger partial charge is 0.123 e. The third-order valence-corrected chi connectivity index (χ3v) is 3.89. The minimum atomic E-state index is 0.232. The van der Waals surface area contributed by atoms with Gasteiger partial charge < -0.3 is 10.1 Å². The number of nitrogens with one attached hydrogen (secondary N) is 1. The normalized spacial score (nSPS) is 13.8. The summed E-state index contributed by atoms with van der Waals surface area (Å²) in [6.07, 6.45) is 0. The molecule has 2 unspecified atom stereocenters. The first kappa shape index (κ1) is 15.6. The first-order valence-corrected chi connectivity index (χ1v) is 7.48. The summed E-state index contributed by atoms with van der Waals surface area (Å²) in [5, 5.41) is 3.66. The van der Waals surface area contributed by atoms with Crippen LogP contribution in [0.5, 0.6) is 5.75 Å². The van der Waals surface area contributed by atoms with E-state index >= 15 is 0 Å². The molecule has 0 aliphatic carbocycles. The number of methoxy groups -OCH3 is 1. The Hall–Kier alpha value is -1.80. The molecule has 2 atom stereocenters. The van der Waals surface area contributed by atoms with E-state index in [0.717, 1.165) is 5.75 Å². The first-order valence-electron chi connectivity index (χ1n) is 7.48. The van der Waals surface area contributed by atoms with E-state index in [-0.39, 0.29) is 6.04 Å². The van der Waals surface area contributed by atoms with Crippen LogP contribution in [0.15, 0.2) is 42.5 Å². The van der Waals surface area contributed by atoms with Crippen molar-refractivity contribution >= 4 is 0 Å². The summed E-state index contributed by atoms with van der Waals surface area (Å²) >= 11 is 0. The molecule has 2 rings (SSSR count). The third kappa shape index (κ3) is 3.85. The maximum absolute atomic E-state index is 5.49. The summed E-state index contributed by atoms with van der Waals surface area (Å²) in [6, 6.07) is 15.5. The Morgan fingerprint density at radius 1 is 0.905 bits per heavy atom. The summed E-state index contributed by atoms with van der Waals surface area (Å²) in [6.45, 7) is 8.63. The summed E-state index contributed by atoms with van der Waals surface area (Å²) in [4.78, 5) is 0. The maximum atomic E-state index is 5.49. The van der Waals surface area contributed by atoms with E-state index in [9.17, 15) is 0 Å². The largest absolute Gasteiger partial charge is 0.496 e. The van der Waals surface area contributed by atoms with E-state index < -0.39 is 0 Å². The van der Waals surface area contributed by atoms with E-state index in [1.165, 1.54) is 22.3 Å². The first-order chi connectivity index (χ1) is 10.0. The van der Waals surface area contributed by atoms with Crippen molar-refractivity contribution in [2.45, 2.75) is 39.8 Å². The Bertz CT molecular complexity index is 606. The second-order valence-corrected chi connectivity index (χ2v) is 5.77. The standard InChI is InChI=1S/C19H25NO/c1-13-7-6-8-17(11-13)15(3)20-16(4)18-12-14(2)9-10-19(18)21-5/h6-12,15-16,20H,1-5H3. The Labute approximate surface area is 128 Å². The van der Waals surface area contributed by atoms with Gasteiger partial charge in [-0.2, -0.15) is 0 Å². The minimum absolute atomic E-state index is 0.232. The van der Waals surface area contributed by atoms with Crippen molar-refractivity contribution in [3.8, 4) is 5.75 Å². The van der Waals surface area contributed by atoms with Gasteiger partial charge in [0, 0.05) is 17.6 Å². The lowest BCUT2D eigenvalue weighted by Crippen LogP contribution is -2.23. The molecule has 2 aromatic carbocycles. The monoisotopic (exact) mass is 283 g/mol. The van der Waals surface area contributed by atoms with Gasteiger partial charge in [0.15, 0.2) is 0 Å². The quantitative estimate of drug-likeness (QED) is 0.857. The van der Waals surface area contributed by atoms with Crippen LogP contribution in [0.3, 0.4) is 0 Å². The highest BCUT2D eigenvalue weighted by atomic mass is 16.5. The Kier molecular flexibility index (Phi) is 5.03. The topological polar surface area (TPSA) is 21.3 Å². The summed E-state index contributed by atoms with van der Waals surface area (Å²) in [5.41, 5.74) is 5.06. The predicted octanol–water partition coefficient (Wildman–Crippen LogP) is 4.72. The number of ether oxygens (including phenoxy) is 1. The molecule has 0 aromatic heterocycles. The summed E-state index contributed by atoms with van der Waals surface area (Å²) in [7, 11) is 1.73. The Morgan fingerprint density at radius 3 is 2.29 bits per heavy atom. The maximum Gasteiger partial charge on any atom is 0.123 e. The molecular formula is C19H25NO. The highest BCUT2D eigenvalue weighted by Gasteiger charge is 2.15. The van der Waals surface area contributed by atoms with Gasteiger partial charge in [-0.25, -0.2) is 0 Å². The number of rotatable bonds is 5. The average molecular weight is 283 g/mol. The van der Waals surface area contributed by atoms with E-state index in [0.29, 0.717) is 6.04 Å². The molecule has 0 aliphatic rings. The third-order valence-electron chi connectivity index (χ3n) is 3.89. The Balaban J connectivity index is 2.17. The van der Waals surface area contributed by atoms with Gasteiger partial charge in [-0.3, -0.25) is 0 Å². The molecule has 0 saturated heterocycles. The van der Waals surface area contributed by atoms with Crippen molar-refractivity contribution in [1.29, 1.82) is 0 Å². The molecule has 21 heavy (non-hydrogen) atoms. The van der Waals surface area contributed by atoms with Gasteiger partial charge in [0.05, 0.1) is 7.11 Å². The lowest BCUT2D eigenvalue weighted by atomic mass is 10.0. The van der Waals surface area contributed by atoms with Gasteiger partial charge in [-0.15, -0.1) is 0 Å². The second kappa shape index (κ2) is 6.77. The molecule has 2 nitrogen and oxygen atoms in total. The molecule has 0 amide bonds. The van der Waals surface area contributed by atoms with Crippen molar-refractivity contribution in [3.63, 3.8) is 0 Å². The zero-order valence-electron chi connectivity index (χ0n) is 13.6. The van der Waals surface area contributed by atoms with Crippen LogP contribution in [0.2, 0.25) is 0 Å². The predicted molar refractivity (Wildman–Crippen MR) is 88.9 cm³/mol. The van der Waals surface area contributed by atoms with Crippen LogP contribution in [0.4, 0.5) is 0 Å². The van der Waals surface area contributed by atoms with Crippen molar-refractivity contribution in [2.75, 3.05) is 7.11 Å². The number of benzene rings is 2. The average Bonchev–Trinajstić information content (AvgIpc) is 2.47. The lowest BCUT2D eigenvalue weighted by Gasteiger charge is -2.23. The summed E-state index contributed by atoms with van der Waals surface area (Å²) in [5.74, 6) is 0.942. The minimum Gasteiger partial charge on any atom is -0.496 e. The van der Waals surface area contributed by atoms with Crippen molar-refractivity contribution in [2.24, 2.45) is 0 Å². The molecule has 0 spiro atoms. The molecule has 0 bridgehead atoms. The molecule has 0 heterocycles. The zero-order valence-corrected chi connectivity index (χ0v) is 13.6. The van der Waals surface area contributed by atoms with Crippen LogP contribution >= 0.6 is 0 Å². The van der Waals surface area contributed by atoms with Gasteiger partial charge in [0.1, 0.15) is 5.75 Å². The zero-order chi connectivity index (χ0) is 15.4. The number of hydrogen-bond acceptors (Lipinski definition) is 2. The highest BCUT2D eigenvalue weighted by molar-refractivity contribution is 5.39. The van der Waals surface area contributed by atoms with Gasteiger partial charge in [0.25, 0.3) is 0 Å². The molecule has 0 saturated carbocycles. The van der Waals surface area contributed by atoms with Crippen molar-refractivity contribution < 1.29 is 4.74 Å². The number of hydrogen-bond donors (Lipinski definition) is 1. The van der Waals surface area contributed by atoms with E-state index in [4.69, 9.17) is 4.74 Å². The van der Waals surface area contributed by atoms with Crippen LogP contribution in [0.1, 0.15) is 48.2 Å². The van der Waals surface area contributed by atoms with Gasteiger partial charge in [-0.05, 0) is 39.3 Å². The molecule has 112 valence electrons. The van der Waals surface area contributed by atoms with Crippen LogP contribution in [0, 0.1) is 13.8 Å². The van der Waals surface area contributed by atoms with Crippen LogP contribution in [-0.4, -0.2) is 7.11 Å². The molecule has 0 fully saturated rings. The van der Waals surface area contributed by atoms with Gasteiger partial charge in [-0.1, -0.05) is 47.5 Å². The Morgan fingerprint density at radius 2 is 1.62 bits per heavy atom. The van der Waals surface area contributed by atoms with E-state index in [2.05, 4.69) is 69.4 Å². The fourth-order valence-electron chi connectivity index (χ4n) is 2.69. The second-order valence-electron chi connectivity index (χ2n) is 5.77. The molecular weight excluding hydrogens is 258 g/mol. The highest BCUT2D eigenvalue weighted by Crippen LogP contribution is 2.28. The lowest BCUT2D eigenvalue weighted by molar-refractivity contribution is 0.396. The molecule has 2 heteroatoms. The number of aryl methyl sites for hydroxylation is 2. The van der Waals surface area contributed by atoms with E-state index in [1.807, 2.05) is 6.07 Å². The van der Waals surface area contributed by atoms with E-state index in [1.54, 1.807) is 7.11 Å². The van der Waals surface area contributed by atoms with Crippen LogP contribution < -0.4 is 10.1 Å². The van der Waals surface area contributed by atoms with Gasteiger partial charge >= 0.3 is 0 Å². The van der Waals surface area contributed by atoms with Crippen molar-refractivity contribution in [1.82, 2.24) is 5.32 Å². The fourth-order valence-corrected chi connectivity index (χ4v) is 2.69.